The first-order valence-corrected chi connectivity index (χ1v) is 7.71. The molecule has 1 heterocycles. The predicted molar refractivity (Wildman–Crippen MR) is 94.2 cm³/mol. The summed E-state index contributed by atoms with van der Waals surface area (Å²) < 4.78 is 15.9. The zero-order valence-electron chi connectivity index (χ0n) is 13.8. The van der Waals surface area contributed by atoms with Gasteiger partial charge in [-0.05, 0) is 43.3 Å². The molecule has 0 aliphatic rings. The first kappa shape index (κ1) is 16.6. The fourth-order valence-electron chi connectivity index (χ4n) is 2.34. The second-order valence-corrected chi connectivity index (χ2v) is 5.40. The van der Waals surface area contributed by atoms with Crippen molar-refractivity contribution in [1.29, 1.82) is 0 Å². The van der Waals surface area contributed by atoms with E-state index in [4.69, 9.17) is 13.9 Å². The molecule has 6 heteroatoms. The molecule has 0 aliphatic heterocycles. The minimum Gasteiger partial charge on any atom is -0.497 e. The van der Waals surface area contributed by atoms with Crippen LogP contribution in [-0.4, -0.2) is 19.1 Å². The Hall–Kier alpha value is -3.28. The molecule has 128 valence electrons. The minimum absolute atomic E-state index is 0.309. The van der Waals surface area contributed by atoms with Gasteiger partial charge in [-0.15, -0.1) is 0 Å². The summed E-state index contributed by atoms with van der Waals surface area (Å²) in [6.45, 7) is 1.61. The molecule has 1 amide bonds. The fourth-order valence-corrected chi connectivity index (χ4v) is 2.34. The number of anilines is 1. The molecule has 0 bridgehead atoms. The van der Waals surface area contributed by atoms with Crippen molar-refractivity contribution >= 4 is 22.6 Å². The quantitative estimate of drug-likeness (QED) is 0.722. The van der Waals surface area contributed by atoms with Gasteiger partial charge in [0.05, 0.1) is 18.6 Å². The van der Waals surface area contributed by atoms with Gasteiger partial charge in [0.15, 0.2) is 6.10 Å². The molecule has 0 saturated heterocycles. The fraction of sp³-hybridized carbons (Fsp3) is 0.158. The van der Waals surface area contributed by atoms with Gasteiger partial charge in [0.2, 0.25) is 0 Å². The number of carbonyl (C=O) groups is 1. The molecule has 0 fully saturated rings. The van der Waals surface area contributed by atoms with Crippen LogP contribution in [0.2, 0.25) is 0 Å². The zero-order chi connectivity index (χ0) is 17.8. The van der Waals surface area contributed by atoms with Crippen molar-refractivity contribution in [3.8, 4) is 11.5 Å². The number of hydrogen-bond acceptors (Lipinski definition) is 5. The van der Waals surface area contributed by atoms with E-state index in [2.05, 4.69) is 5.32 Å². The van der Waals surface area contributed by atoms with Crippen molar-refractivity contribution in [2.75, 3.05) is 12.4 Å². The zero-order valence-corrected chi connectivity index (χ0v) is 13.8. The van der Waals surface area contributed by atoms with Crippen LogP contribution in [0.25, 0.3) is 11.0 Å². The molecule has 3 rings (SSSR count). The van der Waals surface area contributed by atoms with E-state index in [0.717, 1.165) is 0 Å². The predicted octanol–water partition coefficient (Wildman–Crippen LogP) is 3.21. The largest absolute Gasteiger partial charge is 0.497 e. The van der Waals surface area contributed by atoms with Crippen LogP contribution in [0.1, 0.15) is 6.92 Å². The second kappa shape index (κ2) is 7.09. The van der Waals surface area contributed by atoms with Crippen LogP contribution in [0.15, 0.2) is 63.8 Å². The number of amides is 1. The van der Waals surface area contributed by atoms with Crippen LogP contribution >= 0.6 is 0 Å². The van der Waals surface area contributed by atoms with Gasteiger partial charge in [-0.3, -0.25) is 4.79 Å². The van der Waals surface area contributed by atoms with E-state index in [1.165, 1.54) is 6.07 Å². The Labute approximate surface area is 144 Å². The van der Waals surface area contributed by atoms with Crippen molar-refractivity contribution < 1.29 is 18.7 Å². The van der Waals surface area contributed by atoms with Gasteiger partial charge in [-0.1, -0.05) is 12.1 Å². The Morgan fingerprint density at radius 3 is 2.56 bits per heavy atom. The van der Waals surface area contributed by atoms with Gasteiger partial charge in [0.1, 0.15) is 17.1 Å². The maximum absolute atomic E-state index is 12.3. The van der Waals surface area contributed by atoms with E-state index in [0.29, 0.717) is 28.2 Å². The van der Waals surface area contributed by atoms with E-state index in [1.54, 1.807) is 62.6 Å². The van der Waals surface area contributed by atoms with Crippen molar-refractivity contribution in [1.82, 2.24) is 0 Å². The molecule has 1 unspecified atom stereocenters. The van der Waals surface area contributed by atoms with Crippen LogP contribution in [-0.2, 0) is 4.79 Å². The van der Waals surface area contributed by atoms with Gasteiger partial charge in [0, 0.05) is 5.69 Å². The molecule has 3 aromatic rings. The first-order chi connectivity index (χ1) is 12.1. The Bertz CT molecular complexity index is 946. The minimum atomic E-state index is -0.799. The number of fused-ring (bicyclic) bond motifs is 1. The van der Waals surface area contributed by atoms with E-state index in [-0.39, 0.29) is 5.91 Å². The lowest BCUT2D eigenvalue weighted by Crippen LogP contribution is -2.30. The Balaban J connectivity index is 1.76. The Kier molecular flexibility index (Phi) is 4.70. The molecular formula is C19H17NO5. The first-order valence-electron chi connectivity index (χ1n) is 7.71. The van der Waals surface area contributed by atoms with E-state index in [9.17, 15) is 9.59 Å². The van der Waals surface area contributed by atoms with Gasteiger partial charge in [-0.2, -0.15) is 0 Å². The summed E-state index contributed by atoms with van der Waals surface area (Å²) in [6.07, 6.45) is -0.799. The lowest BCUT2D eigenvalue weighted by molar-refractivity contribution is -0.122. The summed E-state index contributed by atoms with van der Waals surface area (Å²) in [5.74, 6) is 0.677. The standard InChI is InChI=1S/C19H17NO5/c1-12(19(22)20-13-7-9-14(23-2)10-8-13)24-17-11-18(21)25-16-6-4-3-5-15(16)17/h3-12H,1-2H3,(H,20,22). The SMILES string of the molecule is COc1ccc(NC(=O)C(C)Oc2cc(=O)oc3ccccc23)cc1. The molecule has 1 aromatic heterocycles. The number of benzene rings is 2. The molecule has 25 heavy (non-hydrogen) atoms. The van der Waals surface area contributed by atoms with Crippen LogP contribution in [0.3, 0.4) is 0 Å². The topological polar surface area (TPSA) is 77.8 Å². The number of para-hydroxylation sites is 1. The smallest absolute Gasteiger partial charge is 0.339 e. The van der Waals surface area contributed by atoms with E-state index < -0.39 is 11.7 Å². The highest BCUT2D eigenvalue weighted by Crippen LogP contribution is 2.24. The normalized spacial score (nSPS) is 11.8. The van der Waals surface area contributed by atoms with Gasteiger partial charge in [-0.25, -0.2) is 4.79 Å². The number of rotatable bonds is 5. The van der Waals surface area contributed by atoms with Crippen LogP contribution in [0.5, 0.6) is 11.5 Å². The van der Waals surface area contributed by atoms with E-state index in [1.807, 2.05) is 0 Å². The maximum Gasteiger partial charge on any atom is 0.339 e. The number of ether oxygens (including phenoxy) is 2. The Morgan fingerprint density at radius 2 is 1.84 bits per heavy atom. The number of hydrogen-bond donors (Lipinski definition) is 1. The molecular weight excluding hydrogens is 322 g/mol. The number of nitrogens with one attached hydrogen (secondary N) is 1. The molecule has 1 atom stereocenters. The molecule has 6 nitrogen and oxygen atoms in total. The lowest BCUT2D eigenvalue weighted by atomic mass is 10.2. The summed E-state index contributed by atoms with van der Waals surface area (Å²) in [5, 5.41) is 3.39. The highest BCUT2D eigenvalue weighted by molar-refractivity contribution is 5.94. The number of methoxy groups -OCH3 is 1. The highest BCUT2D eigenvalue weighted by atomic mass is 16.5. The average Bonchev–Trinajstić information content (AvgIpc) is 2.62. The summed E-state index contributed by atoms with van der Waals surface area (Å²) in [5.41, 5.74) is 0.503. The third kappa shape index (κ3) is 3.80. The van der Waals surface area contributed by atoms with Crippen LogP contribution in [0.4, 0.5) is 5.69 Å². The molecule has 0 aliphatic carbocycles. The summed E-state index contributed by atoms with van der Waals surface area (Å²) in [6, 6.07) is 15.2. The highest BCUT2D eigenvalue weighted by Gasteiger charge is 2.17. The average molecular weight is 339 g/mol. The Morgan fingerprint density at radius 1 is 1.12 bits per heavy atom. The van der Waals surface area contributed by atoms with Crippen molar-refractivity contribution in [3.05, 3.63) is 65.0 Å². The van der Waals surface area contributed by atoms with Crippen molar-refractivity contribution in [2.24, 2.45) is 0 Å². The van der Waals surface area contributed by atoms with Crippen LogP contribution in [0, 0.1) is 0 Å². The summed E-state index contributed by atoms with van der Waals surface area (Å²) in [4.78, 5) is 24.0. The molecule has 0 saturated carbocycles. The molecule has 2 aromatic carbocycles. The van der Waals surface area contributed by atoms with Crippen molar-refractivity contribution in [2.45, 2.75) is 13.0 Å². The summed E-state index contributed by atoms with van der Waals surface area (Å²) in [7, 11) is 1.57. The third-order valence-electron chi connectivity index (χ3n) is 3.64. The monoisotopic (exact) mass is 339 g/mol. The molecule has 0 spiro atoms. The van der Waals surface area contributed by atoms with Crippen LogP contribution < -0.4 is 20.4 Å². The summed E-state index contributed by atoms with van der Waals surface area (Å²) >= 11 is 0. The van der Waals surface area contributed by atoms with Crippen molar-refractivity contribution in [3.63, 3.8) is 0 Å². The molecule has 0 radical (unpaired) electrons. The maximum atomic E-state index is 12.3. The van der Waals surface area contributed by atoms with Gasteiger partial charge >= 0.3 is 5.63 Å². The van der Waals surface area contributed by atoms with Gasteiger partial charge in [0.25, 0.3) is 5.91 Å². The lowest BCUT2D eigenvalue weighted by Gasteiger charge is -2.15. The second-order valence-electron chi connectivity index (χ2n) is 5.40. The van der Waals surface area contributed by atoms with E-state index >= 15 is 0 Å². The van der Waals surface area contributed by atoms with Gasteiger partial charge < -0.3 is 19.2 Å². The third-order valence-corrected chi connectivity index (χ3v) is 3.64. The number of carbonyl (C=O) groups excluding carboxylic acids is 1. The molecule has 1 N–H and O–H groups in total.